The first kappa shape index (κ1) is 10.4. The van der Waals surface area contributed by atoms with E-state index in [0.29, 0.717) is 5.92 Å². The van der Waals surface area contributed by atoms with Crippen molar-refractivity contribution in [2.75, 3.05) is 6.61 Å². The van der Waals surface area contributed by atoms with Crippen LogP contribution in [-0.2, 0) is 6.42 Å². The SMILES string of the molecule is CC1COc2ccccc2-c2ccccc2C1. The highest BCUT2D eigenvalue weighted by Gasteiger charge is 2.16. The molecule has 0 N–H and O–H groups in total. The van der Waals surface area contributed by atoms with Crippen LogP contribution in [0.3, 0.4) is 0 Å². The van der Waals surface area contributed by atoms with Gasteiger partial charge in [-0.05, 0) is 29.5 Å². The lowest BCUT2D eigenvalue weighted by atomic mass is 9.92. The summed E-state index contributed by atoms with van der Waals surface area (Å²) in [6, 6.07) is 17.0. The maximum atomic E-state index is 5.90. The maximum Gasteiger partial charge on any atom is 0.127 e. The lowest BCUT2D eigenvalue weighted by Crippen LogP contribution is -2.14. The zero-order valence-electron chi connectivity index (χ0n) is 10.0. The van der Waals surface area contributed by atoms with Crippen molar-refractivity contribution in [2.45, 2.75) is 13.3 Å². The maximum absolute atomic E-state index is 5.90. The number of hydrogen-bond acceptors (Lipinski definition) is 1. The van der Waals surface area contributed by atoms with Crippen LogP contribution in [0, 0.1) is 5.92 Å². The van der Waals surface area contributed by atoms with Crippen LogP contribution in [0.1, 0.15) is 12.5 Å². The minimum atomic E-state index is 0.560. The number of ether oxygens (including phenoxy) is 1. The van der Waals surface area contributed by atoms with Crippen LogP contribution in [0.15, 0.2) is 48.5 Å². The van der Waals surface area contributed by atoms with Crippen LogP contribution in [-0.4, -0.2) is 6.61 Å². The highest BCUT2D eigenvalue weighted by molar-refractivity contribution is 5.73. The molecular formula is C16H16O. The summed E-state index contributed by atoms with van der Waals surface area (Å²) in [7, 11) is 0. The standard InChI is InChI=1S/C16H16O/c1-12-10-13-6-2-3-7-14(13)15-8-4-5-9-16(15)17-11-12/h2-9,12H,10-11H2,1H3. The molecule has 17 heavy (non-hydrogen) atoms. The van der Waals surface area contributed by atoms with Crippen molar-refractivity contribution >= 4 is 0 Å². The molecule has 1 heteroatoms. The molecule has 0 amide bonds. The van der Waals surface area contributed by atoms with E-state index < -0.39 is 0 Å². The van der Waals surface area contributed by atoms with Gasteiger partial charge in [-0.15, -0.1) is 0 Å². The summed E-state index contributed by atoms with van der Waals surface area (Å²) in [6.07, 6.45) is 1.09. The number of hydrogen-bond donors (Lipinski definition) is 0. The number of benzene rings is 2. The summed E-state index contributed by atoms with van der Waals surface area (Å²) in [5.74, 6) is 1.57. The lowest BCUT2D eigenvalue weighted by Gasteiger charge is -2.22. The predicted molar refractivity (Wildman–Crippen MR) is 70.2 cm³/mol. The van der Waals surface area contributed by atoms with Crippen LogP contribution in [0.5, 0.6) is 5.75 Å². The highest BCUT2D eigenvalue weighted by atomic mass is 16.5. The van der Waals surface area contributed by atoms with E-state index in [1.54, 1.807) is 0 Å². The average molecular weight is 224 g/mol. The number of para-hydroxylation sites is 1. The van der Waals surface area contributed by atoms with Gasteiger partial charge in [0.2, 0.25) is 0 Å². The van der Waals surface area contributed by atoms with Crippen LogP contribution in [0.4, 0.5) is 0 Å². The normalized spacial score (nSPS) is 18.3. The molecule has 1 unspecified atom stereocenters. The third-order valence-corrected chi connectivity index (χ3v) is 3.29. The fourth-order valence-electron chi connectivity index (χ4n) is 2.44. The first-order valence-electron chi connectivity index (χ1n) is 6.14. The summed E-state index contributed by atoms with van der Waals surface area (Å²) < 4.78 is 5.90. The Morgan fingerprint density at radius 1 is 0.941 bits per heavy atom. The quantitative estimate of drug-likeness (QED) is 0.659. The Labute approximate surface area is 102 Å². The van der Waals surface area contributed by atoms with Gasteiger partial charge in [0.25, 0.3) is 0 Å². The van der Waals surface area contributed by atoms with Crippen molar-refractivity contribution in [1.29, 1.82) is 0 Å². The van der Waals surface area contributed by atoms with Crippen molar-refractivity contribution in [3.63, 3.8) is 0 Å². The molecule has 1 nitrogen and oxygen atoms in total. The molecule has 1 aliphatic rings. The Hall–Kier alpha value is -1.76. The molecule has 0 bridgehead atoms. The van der Waals surface area contributed by atoms with E-state index in [1.807, 2.05) is 6.07 Å². The Kier molecular flexibility index (Phi) is 2.60. The lowest BCUT2D eigenvalue weighted by molar-refractivity contribution is 0.258. The zero-order chi connectivity index (χ0) is 11.7. The Balaban J connectivity index is 2.20. The van der Waals surface area contributed by atoms with E-state index in [1.165, 1.54) is 16.7 Å². The van der Waals surface area contributed by atoms with Gasteiger partial charge in [0, 0.05) is 5.56 Å². The molecule has 1 heterocycles. The zero-order valence-corrected chi connectivity index (χ0v) is 10.0. The second-order valence-electron chi connectivity index (χ2n) is 4.77. The number of fused-ring (bicyclic) bond motifs is 3. The molecule has 86 valence electrons. The van der Waals surface area contributed by atoms with Gasteiger partial charge in [0.05, 0.1) is 6.61 Å². The Morgan fingerprint density at radius 3 is 2.53 bits per heavy atom. The minimum Gasteiger partial charge on any atom is -0.493 e. The molecule has 0 saturated carbocycles. The van der Waals surface area contributed by atoms with Crippen LogP contribution >= 0.6 is 0 Å². The van der Waals surface area contributed by atoms with Gasteiger partial charge in [0.15, 0.2) is 0 Å². The summed E-state index contributed by atoms with van der Waals surface area (Å²) in [5, 5.41) is 0. The van der Waals surface area contributed by atoms with Crippen molar-refractivity contribution in [3.05, 3.63) is 54.1 Å². The molecule has 0 radical (unpaired) electrons. The van der Waals surface area contributed by atoms with E-state index in [9.17, 15) is 0 Å². The van der Waals surface area contributed by atoms with Gasteiger partial charge in [0.1, 0.15) is 5.75 Å². The van der Waals surface area contributed by atoms with E-state index in [-0.39, 0.29) is 0 Å². The Bertz CT molecular complexity index is 531. The van der Waals surface area contributed by atoms with E-state index in [2.05, 4.69) is 49.4 Å². The molecule has 2 aromatic carbocycles. The molecule has 2 aromatic rings. The summed E-state index contributed by atoms with van der Waals surface area (Å²) in [4.78, 5) is 0. The van der Waals surface area contributed by atoms with Gasteiger partial charge in [-0.25, -0.2) is 0 Å². The highest BCUT2D eigenvalue weighted by Crippen LogP contribution is 2.35. The van der Waals surface area contributed by atoms with E-state index in [0.717, 1.165) is 18.8 Å². The third kappa shape index (κ3) is 1.93. The molecular weight excluding hydrogens is 208 g/mol. The smallest absolute Gasteiger partial charge is 0.127 e. The van der Waals surface area contributed by atoms with Crippen LogP contribution in [0.25, 0.3) is 11.1 Å². The largest absolute Gasteiger partial charge is 0.493 e. The van der Waals surface area contributed by atoms with Gasteiger partial charge in [-0.3, -0.25) is 0 Å². The predicted octanol–water partition coefficient (Wildman–Crippen LogP) is 3.92. The van der Waals surface area contributed by atoms with Crippen LogP contribution in [0.2, 0.25) is 0 Å². The van der Waals surface area contributed by atoms with Crippen molar-refractivity contribution in [1.82, 2.24) is 0 Å². The van der Waals surface area contributed by atoms with Gasteiger partial charge in [-0.2, -0.15) is 0 Å². The van der Waals surface area contributed by atoms with Crippen LogP contribution < -0.4 is 4.74 Å². The molecule has 0 aromatic heterocycles. The van der Waals surface area contributed by atoms with E-state index in [4.69, 9.17) is 4.74 Å². The van der Waals surface area contributed by atoms with Crippen molar-refractivity contribution < 1.29 is 4.74 Å². The second kappa shape index (κ2) is 4.25. The van der Waals surface area contributed by atoms with E-state index >= 15 is 0 Å². The Morgan fingerprint density at radius 2 is 1.65 bits per heavy atom. The number of rotatable bonds is 0. The fourth-order valence-corrected chi connectivity index (χ4v) is 2.44. The molecule has 1 aliphatic heterocycles. The van der Waals surface area contributed by atoms with Crippen molar-refractivity contribution in [3.8, 4) is 16.9 Å². The van der Waals surface area contributed by atoms with Gasteiger partial charge < -0.3 is 4.74 Å². The molecule has 0 saturated heterocycles. The molecule has 0 aliphatic carbocycles. The van der Waals surface area contributed by atoms with Crippen molar-refractivity contribution in [2.24, 2.45) is 5.92 Å². The monoisotopic (exact) mass is 224 g/mol. The summed E-state index contributed by atoms with van der Waals surface area (Å²) in [5.41, 5.74) is 3.96. The third-order valence-electron chi connectivity index (χ3n) is 3.29. The molecule has 0 fully saturated rings. The summed E-state index contributed by atoms with van der Waals surface area (Å²) in [6.45, 7) is 3.04. The molecule has 3 rings (SSSR count). The second-order valence-corrected chi connectivity index (χ2v) is 4.77. The first-order chi connectivity index (χ1) is 8.34. The van der Waals surface area contributed by atoms with Gasteiger partial charge >= 0.3 is 0 Å². The first-order valence-corrected chi connectivity index (χ1v) is 6.14. The summed E-state index contributed by atoms with van der Waals surface area (Å²) >= 11 is 0. The molecule has 1 atom stereocenters. The molecule has 0 spiro atoms. The van der Waals surface area contributed by atoms with Gasteiger partial charge in [-0.1, -0.05) is 49.4 Å². The fraction of sp³-hybridized carbons (Fsp3) is 0.250. The topological polar surface area (TPSA) is 9.23 Å². The minimum absolute atomic E-state index is 0.560. The average Bonchev–Trinajstić information content (AvgIpc) is 2.36.